The molecule has 5 heteroatoms. The highest BCUT2D eigenvalue weighted by atomic mass is 16.7. The molecular formula is C27H22N2O3. The second kappa shape index (κ2) is 8.94. The second-order valence-electron chi connectivity index (χ2n) is 7.59. The van der Waals surface area contributed by atoms with Crippen LogP contribution in [-0.2, 0) is 13.1 Å². The van der Waals surface area contributed by atoms with Crippen LogP contribution in [0.2, 0.25) is 0 Å². The Morgan fingerprint density at radius 2 is 1.69 bits per heavy atom. The van der Waals surface area contributed by atoms with Gasteiger partial charge in [0.25, 0.3) is 5.91 Å². The van der Waals surface area contributed by atoms with Crippen molar-refractivity contribution >= 4 is 5.91 Å². The van der Waals surface area contributed by atoms with Gasteiger partial charge in [0, 0.05) is 25.5 Å². The molecule has 0 radical (unpaired) electrons. The molecule has 1 aliphatic rings. The molecule has 0 N–H and O–H groups in total. The lowest BCUT2D eigenvalue weighted by Gasteiger charge is -2.25. The van der Waals surface area contributed by atoms with Gasteiger partial charge in [-0.25, -0.2) is 0 Å². The zero-order valence-electron chi connectivity index (χ0n) is 17.5. The minimum absolute atomic E-state index is 0.112. The fraction of sp³-hybridized carbons (Fsp3) is 0.111. The largest absolute Gasteiger partial charge is 0.454 e. The lowest BCUT2D eigenvalue weighted by atomic mass is 9.99. The van der Waals surface area contributed by atoms with Gasteiger partial charge in [0.15, 0.2) is 11.5 Å². The van der Waals surface area contributed by atoms with E-state index in [0.29, 0.717) is 30.2 Å². The normalized spacial score (nSPS) is 11.9. The maximum Gasteiger partial charge on any atom is 0.258 e. The van der Waals surface area contributed by atoms with E-state index in [9.17, 15) is 4.79 Å². The number of nitrogens with zero attached hydrogens (tertiary/aromatic N) is 2. The van der Waals surface area contributed by atoms with Crippen LogP contribution >= 0.6 is 0 Å². The van der Waals surface area contributed by atoms with Crippen LogP contribution in [0, 0.1) is 0 Å². The van der Waals surface area contributed by atoms with Crippen molar-refractivity contribution in [1.29, 1.82) is 0 Å². The van der Waals surface area contributed by atoms with Crippen LogP contribution in [-0.4, -0.2) is 22.6 Å². The van der Waals surface area contributed by atoms with Gasteiger partial charge in [-0.3, -0.25) is 9.78 Å². The van der Waals surface area contributed by atoms with Crippen LogP contribution in [0.4, 0.5) is 0 Å². The molecule has 0 unspecified atom stereocenters. The van der Waals surface area contributed by atoms with Crippen molar-refractivity contribution in [1.82, 2.24) is 9.88 Å². The molecule has 4 aromatic rings. The molecule has 1 amide bonds. The lowest BCUT2D eigenvalue weighted by Crippen LogP contribution is -2.30. The van der Waals surface area contributed by atoms with Crippen LogP contribution in [0.15, 0.2) is 97.3 Å². The first-order valence-corrected chi connectivity index (χ1v) is 10.5. The van der Waals surface area contributed by atoms with E-state index in [-0.39, 0.29) is 12.7 Å². The summed E-state index contributed by atoms with van der Waals surface area (Å²) in [5.41, 5.74) is 4.76. The van der Waals surface area contributed by atoms with Gasteiger partial charge in [0.2, 0.25) is 6.79 Å². The molecule has 0 fully saturated rings. The van der Waals surface area contributed by atoms with Crippen LogP contribution in [0.1, 0.15) is 21.5 Å². The third kappa shape index (κ3) is 4.05. The highest BCUT2D eigenvalue weighted by Crippen LogP contribution is 2.36. The Morgan fingerprint density at radius 3 is 2.53 bits per heavy atom. The summed E-state index contributed by atoms with van der Waals surface area (Å²) in [6.07, 6.45) is 3.52. The first-order chi connectivity index (χ1) is 15.8. The molecule has 5 rings (SSSR count). The summed E-state index contributed by atoms with van der Waals surface area (Å²) < 4.78 is 11.1. The molecule has 2 heterocycles. The van der Waals surface area contributed by atoms with E-state index in [0.717, 1.165) is 22.3 Å². The van der Waals surface area contributed by atoms with Crippen molar-refractivity contribution in [3.05, 3.63) is 114 Å². The van der Waals surface area contributed by atoms with Gasteiger partial charge in [-0.05, 0) is 40.5 Å². The van der Waals surface area contributed by atoms with Gasteiger partial charge in [0.1, 0.15) is 0 Å². The van der Waals surface area contributed by atoms with Gasteiger partial charge in [-0.2, -0.15) is 0 Å². The maximum absolute atomic E-state index is 13.7. The molecular weight excluding hydrogens is 400 g/mol. The molecule has 0 saturated heterocycles. The van der Waals surface area contributed by atoms with Crippen molar-refractivity contribution in [3.63, 3.8) is 0 Å². The Labute approximate surface area is 186 Å². The molecule has 0 bridgehead atoms. The van der Waals surface area contributed by atoms with Crippen LogP contribution < -0.4 is 9.47 Å². The highest BCUT2D eigenvalue weighted by Gasteiger charge is 2.26. The van der Waals surface area contributed by atoms with Gasteiger partial charge in [-0.1, -0.05) is 66.7 Å². The molecule has 3 aromatic carbocycles. The maximum atomic E-state index is 13.7. The SMILES string of the molecule is O=C(c1cccc2c1OCO2)N(Cc1cccnc1)Cc1ccccc1-c1ccccc1. The average molecular weight is 422 g/mol. The standard InChI is InChI=1S/C27H22N2O3/c30-27(24-13-6-14-25-26(24)32-19-31-25)29(17-20-8-7-15-28-16-20)18-22-11-4-5-12-23(22)21-9-2-1-3-10-21/h1-16H,17-19H2. The van der Waals surface area contributed by atoms with E-state index < -0.39 is 0 Å². The molecule has 5 nitrogen and oxygen atoms in total. The van der Waals surface area contributed by atoms with Gasteiger partial charge in [-0.15, -0.1) is 0 Å². The van der Waals surface area contributed by atoms with E-state index >= 15 is 0 Å². The Balaban J connectivity index is 1.52. The molecule has 0 aliphatic carbocycles. The number of fused-ring (bicyclic) bond motifs is 1. The number of benzene rings is 3. The molecule has 0 atom stereocenters. The van der Waals surface area contributed by atoms with E-state index in [2.05, 4.69) is 29.2 Å². The predicted octanol–water partition coefficient (Wildman–Crippen LogP) is 5.32. The van der Waals surface area contributed by atoms with Gasteiger partial charge < -0.3 is 14.4 Å². The number of rotatable bonds is 6. The van der Waals surface area contributed by atoms with Crippen molar-refractivity contribution in [2.75, 3.05) is 6.79 Å². The number of ether oxygens (including phenoxy) is 2. The number of amides is 1. The topological polar surface area (TPSA) is 51.7 Å². The van der Waals surface area contributed by atoms with Gasteiger partial charge in [0.05, 0.1) is 5.56 Å². The summed E-state index contributed by atoms with van der Waals surface area (Å²) in [6.45, 7) is 1.00. The quantitative estimate of drug-likeness (QED) is 0.422. The summed E-state index contributed by atoms with van der Waals surface area (Å²) in [7, 11) is 0. The number of hydrogen-bond donors (Lipinski definition) is 0. The third-order valence-corrected chi connectivity index (χ3v) is 5.47. The number of pyridine rings is 1. The first kappa shape index (κ1) is 19.8. The van der Waals surface area contributed by atoms with Gasteiger partial charge >= 0.3 is 0 Å². The Hall–Kier alpha value is -4.12. The summed E-state index contributed by atoms with van der Waals surface area (Å²) in [4.78, 5) is 19.8. The zero-order valence-corrected chi connectivity index (χ0v) is 17.5. The van der Waals surface area contributed by atoms with Crippen LogP contribution in [0.25, 0.3) is 11.1 Å². The lowest BCUT2D eigenvalue weighted by molar-refractivity contribution is 0.0725. The second-order valence-corrected chi connectivity index (χ2v) is 7.59. The van der Waals surface area contributed by atoms with Crippen molar-refractivity contribution in [3.8, 4) is 22.6 Å². The van der Waals surface area contributed by atoms with Crippen molar-refractivity contribution < 1.29 is 14.3 Å². The molecule has 0 saturated carbocycles. The molecule has 1 aromatic heterocycles. The number of aromatic nitrogens is 1. The number of hydrogen-bond acceptors (Lipinski definition) is 4. The average Bonchev–Trinajstić information content (AvgIpc) is 3.34. The number of carbonyl (C=O) groups excluding carboxylic acids is 1. The highest BCUT2D eigenvalue weighted by molar-refractivity contribution is 5.98. The molecule has 158 valence electrons. The minimum atomic E-state index is -0.112. The number of para-hydroxylation sites is 1. The predicted molar refractivity (Wildman–Crippen MR) is 122 cm³/mol. The zero-order chi connectivity index (χ0) is 21.8. The smallest absolute Gasteiger partial charge is 0.258 e. The van der Waals surface area contributed by atoms with Crippen LogP contribution in [0.5, 0.6) is 11.5 Å². The summed E-state index contributed by atoms with van der Waals surface area (Å²) in [6, 6.07) is 27.7. The van der Waals surface area contributed by atoms with E-state index in [1.165, 1.54) is 0 Å². The Bertz CT molecular complexity index is 1230. The summed E-state index contributed by atoms with van der Waals surface area (Å²) in [5, 5.41) is 0. The molecule has 1 aliphatic heterocycles. The number of carbonyl (C=O) groups is 1. The summed E-state index contributed by atoms with van der Waals surface area (Å²) >= 11 is 0. The van der Waals surface area contributed by atoms with Crippen molar-refractivity contribution in [2.45, 2.75) is 13.1 Å². The third-order valence-electron chi connectivity index (χ3n) is 5.47. The van der Waals surface area contributed by atoms with Crippen molar-refractivity contribution in [2.24, 2.45) is 0 Å². The Kier molecular flexibility index (Phi) is 5.54. The fourth-order valence-electron chi connectivity index (χ4n) is 3.94. The monoisotopic (exact) mass is 422 g/mol. The summed E-state index contributed by atoms with van der Waals surface area (Å²) in [5.74, 6) is 0.992. The Morgan fingerprint density at radius 1 is 0.844 bits per heavy atom. The van der Waals surface area contributed by atoms with E-state index in [1.54, 1.807) is 18.5 Å². The fourth-order valence-corrected chi connectivity index (χ4v) is 3.94. The van der Waals surface area contributed by atoms with E-state index in [1.807, 2.05) is 59.5 Å². The molecule has 0 spiro atoms. The minimum Gasteiger partial charge on any atom is -0.454 e. The van der Waals surface area contributed by atoms with E-state index in [4.69, 9.17) is 9.47 Å². The first-order valence-electron chi connectivity index (χ1n) is 10.5. The molecule has 32 heavy (non-hydrogen) atoms. The van der Waals surface area contributed by atoms with Crippen LogP contribution in [0.3, 0.4) is 0 Å².